The summed E-state index contributed by atoms with van der Waals surface area (Å²) >= 11 is 5.64. The summed E-state index contributed by atoms with van der Waals surface area (Å²) in [4.78, 5) is 0. The topological polar surface area (TPSA) is 69.4 Å². The fraction of sp³-hybridized carbons (Fsp3) is 0.250. The number of fused-ring (bicyclic) bond motifs is 1. The molecule has 0 aliphatic carbocycles. The van der Waals surface area contributed by atoms with E-state index in [1.807, 2.05) is 0 Å². The van der Waals surface area contributed by atoms with Gasteiger partial charge in [-0.05, 0) is 5.21 Å². The SMILES string of the molecule is Cn1nnc2c(Cl)nnnc21. The molecular weight excluding hydrogens is 168 g/mol. The van der Waals surface area contributed by atoms with E-state index < -0.39 is 0 Å². The maximum absolute atomic E-state index is 5.64. The third-order valence-electron chi connectivity index (χ3n) is 1.26. The molecule has 2 aromatic rings. The predicted molar refractivity (Wildman–Crippen MR) is 36.9 cm³/mol. The van der Waals surface area contributed by atoms with Crippen molar-refractivity contribution in [2.45, 2.75) is 0 Å². The lowest BCUT2D eigenvalue weighted by atomic mass is 10.6. The number of hydrogen-bond acceptors (Lipinski definition) is 5. The molecule has 0 fully saturated rings. The average Bonchev–Trinajstić information content (AvgIpc) is 2.35. The molecule has 0 aliphatic rings. The number of aromatic nitrogens is 6. The minimum atomic E-state index is 0.225. The van der Waals surface area contributed by atoms with Gasteiger partial charge in [0, 0.05) is 7.05 Å². The van der Waals surface area contributed by atoms with Gasteiger partial charge >= 0.3 is 0 Å². The lowest BCUT2D eigenvalue weighted by Crippen LogP contribution is -1.94. The van der Waals surface area contributed by atoms with Crippen LogP contribution in [0.1, 0.15) is 0 Å². The van der Waals surface area contributed by atoms with Crippen LogP contribution in [0.3, 0.4) is 0 Å². The van der Waals surface area contributed by atoms with Gasteiger partial charge in [0.15, 0.2) is 10.7 Å². The standard InChI is InChI=1S/C4H3ClN6/c1-11-4-2(6-10-11)3(5)7-9-8-4/h1H3. The summed E-state index contributed by atoms with van der Waals surface area (Å²) in [6.45, 7) is 0. The van der Waals surface area contributed by atoms with Gasteiger partial charge in [0.05, 0.1) is 0 Å². The molecular formula is C4H3ClN6. The van der Waals surface area contributed by atoms with Crippen molar-refractivity contribution in [1.29, 1.82) is 0 Å². The van der Waals surface area contributed by atoms with Gasteiger partial charge in [0.2, 0.25) is 5.65 Å². The fourth-order valence-corrected chi connectivity index (χ4v) is 0.905. The molecule has 0 saturated heterocycles. The largest absolute Gasteiger partial charge is 0.229 e. The number of hydrogen-bond donors (Lipinski definition) is 0. The Labute approximate surface area is 66.2 Å². The molecule has 2 aromatic heterocycles. The predicted octanol–water partition coefficient (Wildman–Crippen LogP) is -0.193. The Bertz CT molecular complexity index is 394. The maximum Gasteiger partial charge on any atom is 0.205 e. The first-order valence-corrected chi connectivity index (χ1v) is 3.21. The van der Waals surface area contributed by atoms with Gasteiger partial charge < -0.3 is 0 Å². The Balaban J connectivity index is 2.94. The minimum absolute atomic E-state index is 0.225. The number of aryl methyl sites for hydroxylation is 1. The number of halogens is 1. The van der Waals surface area contributed by atoms with Crippen molar-refractivity contribution in [3.8, 4) is 0 Å². The number of rotatable bonds is 0. The van der Waals surface area contributed by atoms with Crippen LogP contribution in [0.15, 0.2) is 0 Å². The van der Waals surface area contributed by atoms with Crippen LogP contribution in [0.2, 0.25) is 5.15 Å². The molecule has 0 atom stereocenters. The molecule has 11 heavy (non-hydrogen) atoms. The molecule has 0 aliphatic heterocycles. The molecule has 56 valence electrons. The summed E-state index contributed by atoms with van der Waals surface area (Å²) in [5, 5.41) is 18.3. The molecule has 0 saturated carbocycles. The molecule has 0 radical (unpaired) electrons. The van der Waals surface area contributed by atoms with Crippen LogP contribution in [0, 0.1) is 0 Å². The van der Waals surface area contributed by atoms with E-state index in [0.717, 1.165) is 0 Å². The Morgan fingerprint density at radius 2 is 2.09 bits per heavy atom. The van der Waals surface area contributed by atoms with Crippen LogP contribution in [0.25, 0.3) is 11.2 Å². The van der Waals surface area contributed by atoms with E-state index in [4.69, 9.17) is 11.6 Å². The van der Waals surface area contributed by atoms with Crippen molar-refractivity contribution in [3.05, 3.63) is 5.15 Å². The smallest absolute Gasteiger partial charge is 0.205 e. The molecule has 0 aromatic carbocycles. The lowest BCUT2D eigenvalue weighted by molar-refractivity contribution is 0.722. The third kappa shape index (κ3) is 0.829. The van der Waals surface area contributed by atoms with Crippen LogP contribution in [-0.4, -0.2) is 30.4 Å². The molecule has 0 bridgehead atoms. The Hall–Kier alpha value is -1.30. The normalized spacial score (nSPS) is 10.7. The first-order chi connectivity index (χ1) is 5.29. The molecule has 0 N–H and O–H groups in total. The summed E-state index contributed by atoms with van der Waals surface area (Å²) < 4.78 is 1.48. The third-order valence-corrected chi connectivity index (χ3v) is 1.52. The molecule has 7 heteroatoms. The van der Waals surface area contributed by atoms with Gasteiger partial charge in [-0.3, -0.25) is 0 Å². The van der Waals surface area contributed by atoms with E-state index in [2.05, 4.69) is 25.7 Å². The second-order valence-corrected chi connectivity index (χ2v) is 2.32. The molecule has 0 spiro atoms. The second kappa shape index (κ2) is 2.09. The van der Waals surface area contributed by atoms with E-state index in [9.17, 15) is 0 Å². The number of nitrogens with zero attached hydrogens (tertiary/aromatic N) is 6. The van der Waals surface area contributed by atoms with Gasteiger partial charge in [0.25, 0.3) is 0 Å². The first kappa shape index (κ1) is 6.41. The Morgan fingerprint density at radius 3 is 2.82 bits per heavy atom. The zero-order valence-corrected chi connectivity index (χ0v) is 6.32. The van der Waals surface area contributed by atoms with Crippen LogP contribution in [0.4, 0.5) is 0 Å². The van der Waals surface area contributed by atoms with Crippen molar-refractivity contribution < 1.29 is 0 Å². The van der Waals surface area contributed by atoms with Crippen LogP contribution in [-0.2, 0) is 7.05 Å². The van der Waals surface area contributed by atoms with E-state index in [1.165, 1.54) is 4.68 Å². The zero-order chi connectivity index (χ0) is 7.84. The molecule has 6 nitrogen and oxygen atoms in total. The van der Waals surface area contributed by atoms with E-state index >= 15 is 0 Å². The van der Waals surface area contributed by atoms with Gasteiger partial charge in [-0.2, -0.15) is 0 Å². The van der Waals surface area contributed by atoms with Gasteiger partial charge in [-0.1, -0.05) is 16.8 Å². The van der Waals surface area contributed by atoms with Crippen molar-refractivity contribution in [3.63, 3.8) is 0 Å². The average molecular weight is 171 g/mol. The fourth-order valence-electron chi connectivity index (χ4n) is 0.749. The van der Waals surface area contributed by atoms with E-state index in [0.29, 0.717) is 11.2 Å². The molecule has 0 amide bonds. The summed E-state index contributed by atoms with van der Waals surface area (Å²) in [5.74, 6) is 0. The minimum Gasteiger partial charge on any atom is -0.229 e. The highest BCUT2D eigenvalue weighted by molar-refractivity contribution is 6.33. The van der Waals surface area contributed by atoms with E-state index in [1.54, 1.807) is 7.05 Å². The van der Waals surface area contributed by atoms with Crippen molar-refractivity contribution in [1.82, 2.24) is 30.4 Å². The Morgan fingerprint density at radius 1 is 1.27 bits per heavy atom. The monoisotopic (exact) mass is 170 g/mol. The van der Waals surface area contributed by atoms with Gasteiger partial charge in [0.1, 0.15) is 0 Å². The summed E-state index contributed by atoms with van der Waals surface area (Å²) in [6, 6.07) is 0. The highest BCUT2D eigenvalue weighted by Crippen LogP contribution is 2.12. The van der Waals surface area contributed by atoms with Crippen molar-refractivity contribution in [2.24, 2.45) is 7.05 Å². The first-order valence-electron chi connectivity index (χ1n) is 2.83. The lowest BCUT2D eigenvalue weighted by Gasteiger charge is -1.87. The van der Waals surface area contributed by atoms with Gasteiger partial charge in [-0.25, -0.2) is 4.68 Å². The maximum atomic E-state index is 5.64. The summed E-state index contributed by atoms with van der Waals surface area (Å²) in [6.07, 6.45) is 0. The van der Waals surface area contributed by atoms with Crippen LogP contribution >= 0.6 is 11.6 Å². The quantitative estimate of drug-likeness (QED) is 0.548. The molecule has 2 heterocycles. The summed E-state index contributed by atoms with van der Waals surface area (Å²) in [5.41, 5.74) is 1.01. The zero-order valence-electron chi connectivity index (χ0n) is 5.56. The van der Waals surface area contributed by atoms with Crippen molar-refractivity contribution in [2.75, 3.05) is 0 Å². The second-order valence-electron chi connectivity index (χ2n) is 1.97. The van der Waals surface area contributed by atoms with Gasteiger partial charge in [-0.15, -0.1) is 15.3 Å². The highest BCUT2D eigenvalue weighted by Gasteiger charge is 2.07. The van der Waals surface area contributed by atoms with Crippen molar-refractivity contribution >= 4 is 22.8 Å². The molecule has 0 unspecified atom stereocenters. The summed E-state index contributed by atoms with van der Waals surface area (Å²) in [7, 11) is 1.71. The highest BCUT2D eigenvalue weighted by atomic mass is 35.5. The van der Waals surface area contributed by atoms with Crippen LogP contribution < -0.4 is 0 Å². The van der Waals surface area contributed by atoms with E-state index in [-0.39, 0.29) is 5.15 Å². The Kier molecular flexibility index (Phi) is 1.22. The van der Waals surface area contributed by atoms with Crippen LogP contribution in [0.5, 0.6) is 0 Å². The molecule has 2 rings (SSSR count).